The van der Waals surface area contributed by atoms with Gasteiger partial charge in [0.15, 0.2) is 5.69 Å². The molecule has 0 radical (unpaired) electrons. The molecule has 0 bridgehead atoms. The number of likely N-dealkylation sites (N-methyl/N-ethyl adjacent to an activating group) is 1. The summed E-state index contributed by atoms with van der Waals surface area (Å²) in [5.41, 5.74) is 2.68. The summed E-state index contributed by atoms with van der Waals surface area (Å²) in [6.07, 6.45) is 4.37. The van der Waals surface area contributed by atoms with Crippen LogP contribution in [-0.2, 0) is 13.5 Å². The lowest BCUT2D eigenvalue weighted by Gasteiger charge is -2.19. The highest BCUT2D eigenvalue weighted by atomic mass is 16.2. The molecule has 2 heterocycles. The van der Waals surface area contributed by atoms with Crippen LogP contribution in [0.2, 0.25) is 0 Å². The molecule has 5 heteroatoms. The molecule has 20 heavy (non-hydrogen) atoms. The van der Waals surface area contributed by atoms with Gasteiger partial charge in [-0.2, -0.15) is 5.10 Å². The lowest BCUT2D eigenvalue weighted by molar-refractivity contribution is 0.0759. The van der Waals surface area contributed by atoms with Gasteiger partial charge in [-0.15, -0.1) is 0 Å². The number of rotatable bonds is 5. The zero-order valence-corrected chi connectivity index (χ0v) is 12.2. The van der Waals surface area contributed by atoms with E-state index in [1.807, 2.05) is 44.0 Å². The highest BCUT2D eigenvalue weighted by Crippen LogP contribution is 2.07. The monoisotopic (exact) mass is 272 g/mol. The molecule has 1 amide bonds. The largest absolute Gasteiger partial charge is 0.337 e. The first kappa shape index (κ1) is 14.2. The van der Waals surface area contributed by atoms with E-state index in [2.05, 4.69) is 10.1 Å². The van der Waals surface area contributed by atoms with Gasteiger partial charge in [0.25, 0.3) is 5.91 Å². The number of carbonyl (C=O) groups is 1. The number of nitrogens with zero attached hydrogens (tertiary/aromatic N) is 4. The van der Waals surface area contributed by atoms with Crippen molar-refractivity contribution in [2.45, 2.75) is 20.3 Å². The quantitative estimate of drug-likeness (QED) is 0.834. The average molecular weight is 272 g/mol. The summed E-state index contributed by atoms with van der Waals surface area (Å²) in [5, 5.41) is 4.25. The number of aryl methyl sites for hydroxylation is 2. The average Bonchev–Trinajstić information content (AvgIpc) is 2.80. The molecule has 0 saturated heterocycles. The van der Waals surface area contributed by atoms with Crippen LogP contribution in [0.5, 0.6) is 0 Å². The van der Waals surface area contributed by atoms with Gasteiger partial charge in [-0.05, 0) is 44.0 Å². The molecule has 2 aromatic rings. The molecule has 0 atom stereocenters. The smallest absolute Gasteiger partial charge is 0.274 e. The molecule has 0 unspecified atom stereocenters. The summed E-state index contributed by atoms with van der Waals surface area (Å²) in [6, 6.07) is 5.78. The van der Waals surface area contributed by atoms with Gasteiger partial charge in [-0.1, -0.05) is 0 Å². The van der Waals surface area contributed by atoms with Gasteiger partial charge in [0, 0.05) is 38.2 Å². The molecule has 0 aliphatic carbocycles. The molecule has 0 aliphatic rings. The minimum Gasteiger partial charge on any atom is -0.337 e. The van der Waals surface area contributed by atoms with Gasteiger partial charge in [-0.3, -0.25) is 14.5 Å². The molecule has 0 spiro atoms. The van der Waals surface area contributed by atoms with E-state index in [4.69, 9.17) is 0 Å². The lowest BCUT2D eigenvalue weighted by Crippen LogP contribution is -2.33. The van der Waals surface area contributed by atoms with Crippen molar-refractivity contribution in [3.8, 4) is 0 Å². The summed E-state index contributed by atoms with van der Waals surface area (Å²) in [5.74, 6) is -0.00902. The molecular formula is C15H20N4O. The second-order valence-electron chi connectivity index (χ2n) is 4.78. The summed E-state index contributed by atoms with van der Waals surface area (Å²) < 4.78 is 1.73. The summed E-state index contributed by atoms with van der Waals surface area (Å²) >= 11 is 0. The topological polar surface area (TPSA) is 51.0 Å². The first-order valence-electron chi connectivity index (χ1n) is 6.80. The van der Waals surface area contributed by atoms with E-state index < -0.39 is 0 Å². The highest BCUT2D eigenvalue weighted by Gasteiger charge is 2.17. The maximum atomic E-state index is 12.4. The third kappa shape index (κ3) is 3.23. The van der Waals surface area contributed by atoms with Crippen LogP contribution in [0, 0.1) is 6.92 Å². The third-order valence-corrected chi connectivity index (χ3v) is 3.42. The highest BCUT2D eigenvalue weighted by molar-refractivity contribution is 5.92. The van der Waals surface area contributed by atoms with E-state index in [1.54, 1.807) is 17.1 Å². The van der Waals surface area contributed by atoms with Crippen LogP contribution < -0.4 is 0 Å². The predicted octanol–water partition coefficient (Wildman–Crippen LogP) is 1.83. The minimum absolute atomic E-state index is 0.00902. The Morgan fingerprint density at radius 2 is 2.05 bits per heavy atom. The Kier molecular flexibility index (Phi) is 4.50. The van der Waals surface area contributed by atoms with Crippen molar-refractivity contribution >= 4 is 5.91 Å². The Balaban J connectivity index is 2.02. The van der Waals surface area contributed by atoms with Gasteiger partial charge < -0.3 is 4.90 Å². The molecule has 0 saturated carbocycles. The molecule has 0 aromatic carbocycles. The van der Waals surface area contributed by atoms with Crippen molar-refractivity contribution in [1.82, 2.24) is 19.7 Å². The fourth-order valence-electron chi connectivity index (χ4n) is 2.04. The Hall–Kier alpha value is -2.17. The number of hydrogen-bond donors (Lipinski definition) is 0. The van der Waals surface area contributed by atoms with Crippen molar-refractivity contribution in [2.75, 3.05) is 13.1 Å². The minimum atomic E-state index is -0.00902. The van der Waals surface area contributed by atoms with Crippen LogP contribution in [0.15, 0.2) is 30.6 Å². The van der Waals surface area contributed by atoms with Crippen LogP contribution in [0.25, 0.3) is 0 Å². The molecule has 0 N–H and O–H groups in total. The Morgan fingerprint density at radius 1 is 1.35 bits per heavy atom. The van der Waals surface area contributed by atoms with E-state index >= 15 is 0 Å². The number of carbonyl (C=O) groups excluding carboxylic acids is 1. The standard InChI is InChI=1S/C15H20N4O/c1-4-19(10-7-13-5-8-16-9-6-13)15(20)14-11-12(2)18(3)17-14/h5-6,8-9,11H,4,7,10H2,1-3H3. The Bertz CT molecular complexity index is 557. The number of hydrogen-bond acceptors (Lipinski definition) is 3. The zero-order chi connectivity index (χ0) is 14.5. The van der Waals surface area contributed by atoms with Crippen LogP contribution in [0.4, 0.5) is 0 Å². The number of amides is 1. The van der Waals surface area contributed by atoms with E-state index in [9.17, 15) is 4.79 Å². The molecule has 2 rings (SSSR count). The van der Waals surface area contributed by atoms with E-state index in [0.29, 0.717) is 18.8 Å². The third-order valence-electron chi connectivity index (χ3n) is 3.42. The van der Waals surface area contributed by atoms with Crippen molar-refractivity contribution in [1.29, 1.82) is 0 Å². The van der Waals surface area contributed by atoms with Crippen molar-refractivity contribution in [2.24, 2.45) is 7.05 Å². The Morgan fingerprint density at radius 3 is 2.60 bits per heavy atom. The van der Waals surface area contributed by atoms with E-state index in [0.717, 1.165) is 12.1 Å². The second kappa shape index (κ2) is 6.32. The van der Waals surface area contributed by atoms with E-state index in [1.165, 1.54) is 5.56 Å². The maximum Gasteiger partial charge on any atom is 0.274 e. The molecule has 5 nitrogen and oxygen atoms in total. The van der Waals surface area contributed by atoms with Gasteiger partial charge in [-0.25, -0.2) is 0 Å². The molecular weight excluding hydrogens is 252 g/mol. The fourth-order valence-corrected chi connectivity index (χ4v) is 2.04. The lowest BCUT2D eigenvalue weighted by atomic mass is 10.2. The van der Waals surface area contributed by atoms with Crippen molar-refractivity contribution < 1.29 is 4.79 Å². The van der Waals surface area contributed by atoms with Crippen LogP contribution >= 0.6 is 0 Å². The van der Waals surface area contributed by atoms with E-state index in [-0.39, 0.29) is 5.91 Å². The molecule has 2 aromatic heterocycles. The van der Waals surface area contributed by atoms with Crippen molar-refractivity contribution in [3.63, 3.8) is 0 Å². The summed E-state index contributed by atoms with van der Waals surface area (Å²) in [7, 11) is 1.85. The fraction of sp³-hybridized carbons (Fsp3) is 0.400. The van der Waals surface area contributed by atoms with Gasteiger partial charge in [0.1, 0.15) is 0 Å². The van der Waals surface area contributed by atoms with Gasteiger partial charge in [0.05, 0.1) is 0 Å². The van der Waals surface area contributed by atoms with Gasteiger partial charge in [0.2, 0.25) is 0 Å². The first-order valence-corrected chi connectivity index (χ1v) is 6.80. The number of aromatic nitrogens is 3. The normalized spacial score (nSPS) is 10.6. The molecule has 106 valence electrons. The van der Waals surface area contributed by atoms with Crippen LogP contribution in [0.3, 0.4) is 0 Å². The zero-order valence-electron chi connectivity index (χ0n) is 12.2. The van der Waals surface area contributed by atoms with Crippen LogP contribution in [0.1, 0.15) is 28.7 Å². The molecule has 0 aliphatic heterocycles. The Labute approximate surface area is 119 Å². The molecule has 0 fully saturated rings. The first-order chi connectivity index (χ1) is 9.61. The predicted molar refractivity (Wildman–Crippen MR) is 77.5 cm³/mol. The van der Waals surface area contributed by atoms with Crippen LogP contribution in [-0.4, -0.2) is 38.7 Å². The number of pyridine rings is 1. The summed E-state index contributed by atoms with van der Waals surface area (Å²) in [6.45, 7) is 5.30. The van der Waals surface area contributed by atoms with Gasteiger partial charge >= 0.3 is 0 Å². The maximum absolute atomic E-state index is 12.4. The SMILES string of the molecule is CCN(CCc1ccncc1)C(=O)c1cc(C)n(C)n1. The second-order valence-corrected chi connectivity index (χ2v) is 4.78. The van der Waals surface area contributed by atoms with Crippen molar-refractivity contribution in [3.05, 3.63) is 47.5 Å². The summed E-state index contributed by atoms with van der Waals surface area (Å²) in [4.78, 5) is 18.2.